The highest BCUT2D eigenvalue weighted by Gasteiger charge is 2.02. The second-order valence-corrected chi connectivity index (χ2v) is 4.64. The third-order valence-electron chi connectivity index (χ3n) is 2.32. The fourth-order valence-corrected chi connectivity index (χ4v) is 1.68. The molecule has 0 bridgehead atoms. The van der Waals surface area contributed by atoms with Gasteiger partial charge in [-0.05, 0) is 31.7 Å². The van der Waals surface area contributed by atoms with Gasteiger partial charge in [0.05, 0.1) is 0 Å². The summed E-state index contributed by atoms with van der Waals surface area (Å²) < 4.78 is 1.95. The highest BCUT2D eigenvalue weighted by Crippen LogP contribution is 2.13. The van der Waals surface area contributed by atoms with Crippen molar-refractivity contribution in [2.24, 2.45) is 7.05 Å². The van der Waals surface area contributed by atoms with Crippen molar-refractivity contribution in [3.8, 4) is 0 Å². The van der Waals surface area contributed by atoms with Crippen LogP contribution in [0.3, 0.4) is 0 Å². The van der Waals surface area contributed by atoms with Crippen LogP contribution in [0.25, 0.3) is 0 Å². The lowest BCUT2D eigenvalue weighted by atomic mass is 10.1. The van der Waals surface area contributed by atoms with Gasteiger partial charge in [0.15, 0.2) is 0 Å². The molecule has 0 saturated heterocycles. The van der Waals surface area contributed by atoms with E-state index in [4.69, 9.17) is 0 Å². The van der Waals surface area contributed by atoms with Crippen LogP contribution in [-0.4, -0.2) is 14.6 Å². The van der Waals surface area contributed by atoms with Crippen molar-refractivity contribution in [2.45, 2.75) is 37.4 Å². The smallest absolute Gasteiger partial charge is 0.0492 e. The third-order valence-corrected chi connectivity index (χ3v) is 3.42. The van der Waals surface area contributed by atoms with Gasteiger partial charge in [-0.2, -0.15) is 5.10 Å². The van der Waals surface area contributed by atoms with Crippen LogP contribution in [0.2, 0.25) is 0 Å². The molecule has 1 aromatic heterocycles. The van der Waals surface area contributed by atoms with Gasteiger partial charge in [-0.15, -0.1) is 0 Å². The predicted molar refractivity (Wildman–Crippen MR) is 59.2 cm³/mol. The molecule has 0 aliphatic carbocycles. The average molecular weight is 245 g/mol. The van der Waals surface area contributed by atoms with Crippen LogP contribution in [0.15, 0.2) is 12.3 Å². The molecular formula is C10H17BrN2. The summed E-state index contributed by atoms with van der Waals surface area (Å²) in [5.74, 6) is 0. The first-order valence-electron chi connectivity index (χ1n) is 4.85. The van der Waals surface area contributed by atoms with Crippen molar-refractivity contribution in [1.82, 2.24) is 9.78 Å². The van der Waals surface area contributed by atoms with Crippen molar-refractivity contribution in [3.05, 3.63) is 18.0 Å². The predicted octanol–water partition coefficient (Wildman–Crippen LogP) is 2.92. The highest BCUT2D eigenvalue weighted by atomic mass is 79.9. The van der Waals surface area contributed by atoms with Crippen LogP contribution in [0, 0.1) is 0 Å². The van der Waals surface area contributed by atoms with E-state index in [1.165, 1.54) is 25.0 Å². The molecule has 0 amide bonds. The molecule has 1 unspecified atom stereocenters. The summed E-state index contributed by atoms with van der Waals surface area (Å²) in [7, 11) is 2.00. The summed E-state index contributed by atoms with van der Waals surface area (Å²) in [6.45, 7) is 2.21. The van der Waals surface area contributed by atoms with E-state index in [9.17, 15) is 0 Å². The largest absolute Gasteiger partial charge is 0.273 e. The van der Waals surface area contributed by atoms with E-state index in [0.29, 0.717) is 4.83 Å². The summed E-state index contributed by atoms with van der Waals surface area (Å²) >= 11 is 3.64. The Bertz CT molecular complexity index is 245. The summed E-state index contributed by atoms with van der Waals surface area (Å²) in [5.41, 5.74) is 1.33. The summed E-state index contributed by atoms with van der Waals surface area (Å²) in [6, 6.07) is 2.09. The molecule has 3 heteroatoms. The van der Waals surface area contributed by atoms with E-state index in [1.54, 1.807) is 0 Å². The van der Waals surface area contributed by atoms with Crippen molar-refractivity contribution < 1.29 is 0 Å². The Morgan fingerprint density at radius 3 is 2.92 bits per heavy atom. The fourth-order valence-electron chi connectivity index (χ4n) is 1.36. The molecule has 1 heterocycles. The molecule has 0 fully saturated rings. The third kappa shape index (κ3) is 3.51. The number of rotatable bonds is 5. The van der Waals surface area contributed by atoms with Crippen LogP contribution < -0.4 is 0 Å². The normalized spacial score (nSPS) is 13.2. The maximum atomic E-state index is 4.14. The second-order valence-electron chi connectivity index (χ2n) is 3.34. The minimum absolute atomic E-state index is 0.681. The lowest BCUT2D eigenvalue weighted by Crippen LogP contribution is -2.01. The van der Waals surface area contributed by atoms with Gasteiger partial charge in [0.25, 0.3) is 0 Å². The summed E-state index contributed by atoms with van der Waals surface area (Å²) in [5, 5.41) is 4.14. The van der Waals surface area contributed by atoms with Crippen LogP contribution >= 0.6 is 15.9 Å². The molecular weight excluding hydrogens is 228 g/mol. The Balaban J connectivity index is 2.24. The van der Waals surface area contributed by atoms with Gasteiger partial charge in [-0.3, -0.25) is 4.68 Å². The summed E-state index contributed by atoms with van der Waals surface area (Å²) in [6.07, 6.45) is 6.70. The highest BCUT2D eigenvalue weighted by molar-refractivity contribution is 9.09. The van der Waals surface area contributed by atoms with Gasteiger partial charge in [0, 0.05) is 23.8 Å². The Kier molecular flexibility index (Phi) is 4.50. The molecule has 13 heavy (non-hydrogen) atoms. The number of aryl methyl sites for hydroxylation is 2. The first-order valence-corrected chi connectivity index (χ1v) is 5.76. The van der Waals surface area contributed by atoms with E-state index in [0.717, 1.165) is 6.42 Å². The molecule has 1 aromatic rings. The monoisotopic (exact) mass is 244 g/mol. The van der Waals surface area contributed by atoms with Crippen molar-refractivity contribution >= 4 is 15.9 Å². The van der Waals surface area contributed by atoms with Gasteiger partial charge in [0.1, 0.15) is 0 Å². The Labute approximate surface area is 88.5 Å². The maximum Gasteiger partial charge on any atom is 0.0492 e. The minimum atomic E-state index is 0.681. The molecule has 0 saturated carbocycles. The molecule has 0 aliphatic heterocycles. The SMILES string of the molecule is CCC(Br)CCCc1ccnn1C. The van der Waals surface area contributed by atoms with Crippen molar-refractivity contribution in [1.29, 1.82) is 0 Å². The van der Waals surface area contributed by atoms with E-state index < -0.39 is 0 Å². The summed E-state index contributed by atoms with van der Waals surface area (Å²) in [4.78, 5) is 0.681. The molecule has 0 N–H and O–H groups in total. The van der Waals surface area contributed by atoms with Gasteiger partial charge in [-0.25, -0.2) is 0 Å². The topological polar surface area (TPSA) is 17.8 Å². The maximum absolute atomic E-state index is 4.14. The number of alkyl halides is 1. The Morgan fingerprint density at radius 1 is 1.62 bits per heavy atom. The zero-order valence-corrected chi connectivity index (χ0v) is 9.92. The molecule has 0 radical (unpaired) electrons. The van der Waals surface area contributed by atoms with E-state index in [2.05, 4.69) is 34.0 Å². The molecule has 2 nitrogen and oxygen atoms in total. The van der Waals surface area contributed by atoms with Crippen LogP contribution in [0.1, 0.15) is 31.9 Å². The van der Waals surface area contributed by atoms with Gasteiger partial charge in [-0.1, -0.05) is 22.9 Å². The number of aromatic nitrogens is 2. The lowest BCUT2D eigenvalue weighted by molar-refractivity contribution is 0.643. The zero-order chi connectivity index (χ0) is 9.68. The zero-order valence-electron chi connectivity index (χ0n) is 8.33. The van der Waals surface area contributed by atoms with Crippen LogP contribution in [0.5, 0.6) is 0 Å². The number of halogens is 1. The van der Waals surface area contributed by atoms with E-state index >= 15 is 0 Å². The van der Waals surface area contributed by atoms with Gasteiger partial charge >= 0.3 is 0 Å². The fraction of sp³-hybridized carbons (Fsp3) is 0.700. The first-order chi connectivity index (χ1) is 6.24. The average Bonchev–Trinajstić information content (AvgIpc) is 2.52. The molecule has 74 valence electrons. The number of nitrogens with zero attached hydrogens (tertiary/aromatic N) is 2. The Morgan fingerprint density at radius 2 is 2.38 bits per heavy atom. The lowest BCUT2D eigenvalue weighted by Gasteiger charge is -2.06. The van der Waals surface area contributed by atoms with Gasteiger partial charge < -0.3 is 0 Å². The number of hydrogen-bond donors (Lipinski definition) is 0. The standard InChI is InChI=1S/C10H17BrN2/c1-3-9(11)5-4-6-10-7-8-12-13(10)2/h7-9H,3-6H2,1-2H3. The van der Waals surface area contributed by atoms with Crippen molar-refractivity contribution in [3.63, 3.8) is 0 Å². The molecule has 1 atom stereocenters. The minimum Gasteiger partial charge on any atom is -0.273 e. The second kappa shape index (κ2) is 5.43. The quantitative estimate of drug-likeness (QED) is 0.729. The van der Waals surface area contributed by atoms with Crippen LogP contribution in [-0.2, 0) is 13.5 Å². The van der Waals surface area contributed by atoms with Crippen LogP contribution in [0.4, 0.5) is 0 Å². The number of hydrogen-bond acceptors (Lipinski definition) is 1. The molecule has 0 aliphatic rings. The molecule has 1 rings (SSSR count). The van der Waals surface area contributed by atoms with Crippen molar-refractivity contribution in [2.75, 3.05) is 0 Å². The van der Waals surface area contributed by atoms with Gasteiger partial charge in [0.2, 0.25) is 0 Å². The Hall–Kier alpha value is -0.310. The first kappa shape index (κ1) is 10.8. The molecule has 0 aromatic carbocycles. The van der Waals surface area contributed by atoms with E-state index in [-0.39, 0.29) is 0 Å². The molecule has 0 spiro atoms. The van der Waals surface area contributed by atoms with E-state index in [1.807, 2.05) is 17.9 Å².